The maximum atomic E-state index is 14.1. The number of aromatic nitrogens is 3. The molecule has 0 aliphatic carbocycles. The van der Waals surface area contributed by atoms with Crippen LogP contribution in [-0.4, -0.2) is 38.0 Å². The number of anilines is 2. The van der Waals surface area contributed by atoms with Crippen molar-refractivity contribution in [3.63, 3.8) is 0 Å². The van der Waals surface area contributed by atoms with Gasteiger partial charge in [0.15, 0.2) is 5.82 Å². The number of H-pyrrole nitrogens is 1. The lowest BCUT2D eigenvalue weighted by Gasteiger charge is -2.33. The van der Waals surface area contributed by atoms with Gasteiger partial charge in [0.05, 0.1) is 16.5 Å². The van der Waals surface area contributed by atoms with Crippen molar-refractivity contribution in [1.29, 1.82) is 0 Å². The van der Waals surface area contributed by atoms with Crippen molar-refractivity contribution in [2.75, 3.05) is 29.1 Å². The Bertz CT molecular complexity index is 1440. The number of piperidine rings is 1. The average Bonchev–Trinajstić information content (AvgIpc) is 3.47. The summed E-state index contributed by atoms with van der Waals surface area (Å²) in [5.74, 6) is 1.19. The maximum Gasteiger partial charge on any atom is 0.227 e. The topological polar surface area (TPSA) is 73.9 Å². The first-order valence-corrected chi connectivity index (χ1v) is 14.0. The first-order chi connectivity index (χ1) is 17.9. The summed E-state index contributed by atoms with van der Waals surface area (Å²) in [4.78, 5) is 15.7. The Balaban J connectivity index is 1.42. The Kier molecular flexibility index (Phi) is 7.24. The van der Waals surface area contributed by atoms with Gasteiger partial charge in [-0.2, -0.15) is 4.98 Å². The highest BCUT2D eigenvalue weighted by molar-refractivity contribution is 7.85. The molecule has 3 aromatic rings. The molecule has 0 amide bonds. The molecule has 5 rings (SSSR count). The number of hydrogen-bond acceptors (Lipinski definition) is 5. The summed E-state index contributed by atoms with van der Waals surface area (Å²) in [5, 5.41) is 4.10. The molecule has 2 aromatic heterocycles. The quantitative estimate of drug-likeness (QED) is 0.368. The van der Waals surface area contributed by atoms with E-state index < -0.39 is 16.6 Å². The van der Waals surface area contributed by atoms with Crippen LogP contribution < -0.4 is 10.2 Å². The summed E-state index contributed by atoms with van der Waals surface area (Å²) in [5.41, 5.74) is 4.56. The lowest BCUT2D eigenvalue weighted by molar-refractivity contribution is 0.498. The lowest BCUT2D eigenvalue weighted by atomic mass is 9.87. The molecule has 6 nitrogen and oxygen atoms in total. The van der Waals surface area contributed by atoms with E-state index in [0.717, 1.165) is 48.9 Å². The summed E-state index contributed by atoms with van der Waals surface area (Å²) < 4.78 is 40.7. The number of benzene rings is 1. The van der Waals surface area contributed by atoms with Gasteiger partial charge < -0.3 is 15.2 Å². The first-order valence-electron chi connectivity index (χ1n) is 12.7. The van der Waals surface area contributed by atoms with Gasteiger partial charge in [0.2, 0.25) is 5.95 Å². The summed E-state index contributed by atoms with van der Waals surface area (Å²) in [6, 6.07) is 4.94. The van der Waals surface area contributed by atoms with E-state index in [0.29, 0.717) is 40.5 Å². The van der Waals surface area contributed by atoms with Crippen molar-refractivity contribution >= 4 is 33.5 Å². The van der Waals surface area contributed by atoms with Crippen LogP contribution in [0.25, 0.3) is 10.9 Å². The van der Waals surface area contributed by atoms with E-state index in [9.17, 15) is 13.0 Å². The number of rotatable bonds is 7. The normalized spacial score (nSPS) is 18.9. The zero-order valence-electron chi connectivity index (χ0n) is 21.1. The minimum absolute atomic E-state index is 0.223. The molecule has 1 unspecified atom stereocenters. The number of hydrogen-bond donors (Lipinski definition) is 2. The third-order valence-corrected chi connectivity index (χ3v) is 8.61. The highest BCUT2D eigenvalue weighted by Crippen LogP contribution is 2.38. The number of nitrogens with zero attached hydrogens (tertiary/aromatic N) is 3. The predicted octanol–water partition coefficient (Wildman–Crippen LogP) is 6.06. The van der Waals surface area contributed by atoms with Crippen LogP contribution in [0.2, 0.25) is 0 Å². The van der Waals surface area contributed by atoms with Crippen LogP contribution in [0.5, 0.6) is 0 Å². The monoisotopic (exact) mass is 523 g/mol. The molecular weight excluding hydrogens is 492 g/mol. The van der Waals surface area contributed by atoms with Crippen LogP contribution in [0.15, 0.2) is 59.4 Å². The van der Waals surface area contributed by atoms with Crippen molar-refractivity contribution in [3.05, 3.63) is 77.3 Å². The van der Waals surface area contributed by atoms with Gasteiger partial charge in [-0.15, -0.1) is 0 Å². The fourth-order valence-corrected chi connectivity index (χ4v) is 6.58. The summed E-state index contributed by atoms with van der Waals surface area (Å²) in [6.07, 6.45) is 7.44. The van der Waals surface area contributed by atoms with Gasteiger partial charge in [-0.1, -0.05) is 19.6 Å². The van der Waals surface area contributed by atoms with E-state index >= 15 is 0 Å². The molecule has 9 heteroatoms. The molecule has 1 fully saturated rings. The Hall–Kier alpha value is -3.33. The van der Waals surface area contributed by atoms with Crippen LogP contribution in [0.4, 0.5) is 20.5 Å². The maximum absolute atomic E-state index is 14.1. The molecule has 37 heavy (non-hydrogen) atoms. The molecule has 2 aliphatic rings. The van der Waals surface area contributed by atoms with Crippen LogP contribution >= 0.6 is 0 Å². The second-order valence-corrected chi connectivity index (χ2v) is 10.9. The summed E-state index contributed by atoms with van der Waals surface area (Å²) in [6.45, 7) is 8.98. The number of allylic oxidation sites excluding steroid dienone is 4. The Morgan fingerprint density at radius 2 is 2.11 bits per heavy atom. The van der Waals surface area contributed by atoms with E-state index in [4.69, 9.17) is 9.97 Å². The Morgan fingerprint density at radius 1 is 1.32 bits per heavy atom. The fraction of sp³-hybridized carbons (Fsp3) is 0.357. The van der Waals surface area contributed by atoms with Crippen LogP contribution in [0.3, 0.4) is 0 Å². The first kappa shape index (κ1) is 25.3. The molecule has 0 radical (unpaired) electrons. The predicted molar refractivity (Wildman–Crippen MR) is 146 cm³/mol. The van der Waals surface area contributed by atoms with Gasteiger partial charge >= 0.3 is 0 Å². The molecule has 2 aliphatic heterocycles. The zero-order valence-corrected chi connectivity index (χ0v) is 21.9. The minimum Gasteiger partial charge on any atom is -0.358 e. The molecule has 4 heterocycles. The second-order valence-electron chi connectivity index (χ2n) is 9.37. The SMILES string of the molecule is C=C/C(=C\C(F)=C/C)Nc1nc(N2CCC(c3c(CC)[nH]c4ccc(F)cc34)CC2)nc2c1S(=O)CC2. The standard InChI is InChI=1S/C28H31F2N5OS/c1-4-18(29)15-20(5-2)31-27-26-24(11-14-37(26)36)33-28(34-27)35-12-9-17(10-13-35)25-21-16-19(30)7-8-23(21)32-22(25)6-3/h4-5,7-8,15-17,32H,2,6,9-14H2,1,3H3,(H,31,33,34)/b18-4+,20-15+. The third-order valence-electron chi connectivity index (χ3n) is 7.15. The Labute approximate surface area is 218 Å². The van der Waals surface area contributed by atoms with Crippen molar-refractivity contribution in [1.82, 2.24) is 15.0 Å². The molecule has 2 N–H and O–H groups in total. The highest BCUT2D eigenvalue weighted by Gasteiger charge is 2.30. The molecular formula is C28H31F2N5OS. The smallest absolute Gasteiger partial charge is 0.227 e. The lowest BCUT2D eigenvalue weighted by Crippen LogP contribution is -2.34. The second kappa shape index (κ2) is 10.6. The largest absolute Gasteiger partial charge is 0.358 e. The molecule has 194 valence electrons. The van der Waals surface area contributed by atoms with E-state index in [1.807, 2.05) is 6.07 Å². The highest BCUT2D eigenvalue weighted by atomic mass is 32.2. The number of aromatic amines is 1. The number of aryl methyl sites for hydroxylation is 2. The molecule has 1 saturated heterocycles. The van der Waals surface area contributed by atoms with Crippen LogP contribution in [0.1, 0.15) is 49.6 Å². The van der Waals surface area contributed by atoms with Gasteiger partial charge in [-0.25, -0.2) is 13.8 Å². The van der Waals surface area contributed by atoms with E-state index in [1.54, 1.807) is 13.0 Å². The number of nitrogens with one attached hydrogen (secondary N) is 2. The van der Waals surface area contributed by atoms with E-state index in [-0.39, 0.29) is 5.82 Å². The van der Waals surface area contributed by atoms with E-state index in [2.05, 4.69) is 28.7 Å². The van der Waals surface area contributed by atoms with Gasteiger partial charge in [-0.05, 0) is 68.0 Å². The Morgan fingerprint density at radius 3 is 2.81 bits per heavy atom. The van der Waals surface area contributed by atoms with Crippen molar-refractivity contribution < 1.29 is 13.0 Å². The van der Waals surface area contributed by atoms with E-state index in [1.165, 1.54) is 35.6 Å². The molecule has 0 spiro atoms. The third kappa shape index (κ3) is 4.97. The van der Waals surface area contributed by atoms with Crippen LogP contribution in [0, 0.1) is 5.82 Å². The van der Waals surface area contributed by atoms with Crippen molar-refractivity contribution in [2.24, 2.45) is 0 Å². The minimum atomic E-state index is -1.21. The van der Waals surface area contributed by atoms with Gasteiger partial charge in [0.25, 0.3) is 0 Å². The summed E-state index contributed by atoms with van der Waals surface area (Å²) >= 11 is 0. The number of halogens is 2. The zero-order chi connectivity index (χ0) is 26.1. The molecule has 0 saturated carbocycles. The molecule has 1 atom stereocenters. The molecule has 0 bridgehead atoms. The fourth-order valence-electron chi connectivity index (χ4n) is 5.28. The van der Waals surface area contributed by atoms with Gasteiger partial charge in [-0.3, -0.25) is 4.21 Å². The van der Waals surface area contributed by atoms with Crippen LogP contribution in [-0.2, 0) is 23.6 Å². The number of fused-ring (bicyclic) bond motifs is 2. The summed E-state index contributed by atoms with van der Waals surface area (Å²) in [7, 11) is -1.21. The van der Waals surface area contributed by atoms with Gasteiger partial charge in [0.1, 0.15) is 16.5 Å². The van der Waals surface area contributed by atoms with Crippen molar-refractivity contribution in [2.45, 2.75) is 50.3 Å². The molecule has 1 aromatic carbocycles. The van der Waals surface area contributed by atoms with Gasteiger partial charge in [0, 0.05) is 47.6 Å². The van der Waals surface area contributed by atoms with Crippen molar-refractivity contribution in [3.8, 4) is 0 Å². The average molecular weight is 524 g/mol.